The number of aliphatic carboxylic acids is 1. The van der Waals surface area contributed by atoms with Crippen molar-refractivity contribution in [3.63, 3.8) is 0 Å². The first-order valence-corrected chi connectivity index (χ1v) is 14.5. The average molecular weight is 576 g/mol. The molecule has 0 amide bonds. The molecule has 0 unspecified atom stereocenters. The van der Waals surface area contributed by atoms with E-state index in [0.717, 1.165) is 28.3 Å². The molecule has 1 N–H and O–H groups in total. The van der Waals surface area contributed by atoms with Gasteiger partial charge in [-0.25, -0.2) is 13.2 Å². The van der Waals surface area contributed by atoms with E-state index in [4.69, 9.17) is 4.74 Å². The second kappa shape index (κ2) is 9.92. The molecule has 3 aromatic rings. The van der Waals surface area contributed by atoms with E-state index in [-0.39, 0.29) is 17.8 Å². The molecular weight excluding hydrogens is 543 g/mol. The van der Waals surface area contributed by atoms with Gasteiger partial charge in [0.15, 0.2) is 6.10 Å². The number of benzene rings is 3. The van der Waals surface area contributed by atoms with Gasteiger partial charge in [0.2, 0.25) is 10.0 Å². The van der Waals surface area contributed by atoms with Crippen LogP contribution in [0, 0.1) is 20.8 Å². The van der Waals surface area contributed by atoms with E-state index < -0.39 is 39.4 Å². The Hall–Kier alpha value is -3.37. The van der Waals surface area contributed by atoms with E-state index >= 15 is 0 Å². The summed E-state index contributed by atoms with van der Waals surface area (Å²) in [6.45, 7) is 10.1. The number of sulfonamides is 1. The maximum atomic E-state index is 13.6. The van der Waals surface area contributed by atoms with Gasteiger partial charge >= 0.3 is 12.1 Å². The summed E-state index contributed by atoms with van der Waals surface area (Å²) in [6.07, 6.45) is -5.07. The summed E-state index contributed by atoms with van der Waals surface area (Å²) in [5, 5.41) is 10.4. The number of carbonyl (C=O) groups is 1. The quantitative estimate of drug-likeness (QED) is 0.348. The summed E-state index contributed by atoms with van der Waals surface area (Å²) in [4.78, 5) is 12.7. The van der Waals surface area contributed by atoms with Gasteiger partial charge in [-0.2, -0.15) is 13.2 Å². The highest BCUT2D eigenvalue weighted by molar-refractivity contribution is 7.92. The maximum absolute atomic E-state index is 13.6. The zero-order valence-electron chi connectivity index (χ0n) is 23.4. The molecule has 1 atom stereocenters. The third-order valence-corrected chi connectivity index (χ3v) is 8.09. The molecule has 0 saturated carbocycles. The first-order chi connectivity index (χ1) is 18.3. The number of alkyl halides is 3. The van der Waals surface area contributed by atoms with Crippen LogP contribution in [0.3, 0.4) is 0 Å². The van der Waals surface area contributed by atoms with Crippen molar-refractivity contribution >= 4 is 21.7 Å². The number of nitrogens with zero attached hydrogens (tertiary/aromatic N) is 1. The molecule has 3 aromatic carbocycles. The fourth-order valence-electron chi connectivity index (χ4n) is 5.32. The number of aryl methyl sites for hydroxylation is 1. The minimum Gasteiger partial charge on any atom is -0.479 e. The van der Waals surface area contributed by atoms with E-state index in [1.807, 2.05) is 31.2 Å². The van der Waals surface area contributed by atoms with Crippen molar-refractivity contribution in [1.29, 1.82) is 0 Å². The Bertz CT molecular complexity index is 1600. The Morgan fingerprint density at radius 1 is 0.975 bits per heavy atom. The summed E-state index contributed by atoms with van der Waals surface area (Å²) in [6, 6.07) is 10.8. The van der Waals surface area contributed by atoms with Gasteiger partial charge in [-0.05, 0) is 87.1 Å². The van der Waals surface area contributed by atoms with Crippen LogP contribution in [0.15, 0.2) is 42.5 Å². The lowest BCUT2D eigenvalue weighted by Gasteiger charge is -2.37. The van der Waals surface area contributed by atoms with Crippen LogP contribution in [0.25, 0.3) is 22.3 Å². The molecular formula is C30H32F3NO5S. The predicted octanol–water partition coefficient (Wildman–Crippen LogP) is 7.19. The van der Waals surface area contributed by atoms with Crippen molar-refractivity contribution in [1.82, 2.24) is 0 Å². The minimum atomic E-state index is -4.61. The topological polar surface area (TPSA) is 83.9 Å². The molecule has 1 heterocycles. The monoisotopic (exact) mass is 575 g/mol. The largest absolute Gasteiger partial charge is 0.479 e. The maximum Gasteiger partial charge on any atom is 0.416 e. The molecule has 10 heteroatoms. The first kappa shape index (κ1) is 29.6. The zero-order chi connectivity index (χ0) is 29.9. The number of hydrogen-bond donors (Lipinski definition) is 1. The van der Waals surface area contributed by atoms with Crippen LogP contribution in [-0.2, 0) is 32.3 Å². The number of carboxylic acid groups (broad SMARTS) is 1. The Balaban J connectivity index is 2.20. The summed E-state index contributed by atoms with van der Waals surface area (Å²) >= 11 is 0. The Kier molecular flexibility index (Phi) is 7.34. The Morgan fingerprint density at radius 3 is 2.08 bits per heavy atom. The van der Waals surface area contributed by atoms with E-state index in [1.54, 1.807) is 34.6 Å². The van der Waals surface area contributed by atoms with E-state index in [2.05, 4.69) is 0 Å². The lowest BCUT2D eigenvalue weighted by Crippen LogP contribution is -2.35. The Labute approximate surface area is 232 Å². The van der Waals surface area contributed by atoms with E-state index in [0.29, 0.717) is 38.9 Å². The van der Waals surface area contributed by atoms with Crippen LogP contribution >= 0.6 is 0 Å². The van der Waals surface area contributed by atoms with Gasteiger partial charge in [-0.3, -0.25) is 4.31 Å². The van der Waals surface area contributed by atoms with Crippen LogP contribution in [-0.4, -0.2) is 31.4 Å². The SMILES string of the molecule is Cc1ccc(-c2c(C)c3c(c(C)c2[C@H](OC(C)(C)C)C(=O)O)N(S(C)(=O)=O)Cc2cc(C(F)(F)F)ccc2-3)cc1. The fraction of sp³-hybridized carbons (Fsp3) is 0.367. The normalized spacial score (nSPS) is 14.5. The van der Waals surface area contributed by atoms with Crippen LogP contribution in [0.5, 0.6) is 0 Å². The van der Waals surface area contributed by atoms with Gasteiger partial charge in [0.05, 0.1) is 29.7 Å². The van der Waals surface area contributed by atoms with Crippen molar-refractivity contribution in [2.24, 2.45) is 0 Å². The minimum absolute atomic E-state index is 0.207. The summed E-state index contributed by atoms with van der Waals surface area (Å²) in [7, 11) is -3.99. The summed E-state index contributed by atoms with van der Waals surface area (Å²) in [5.74, 6) is -1.25. The number of anilines is 1. The van der Waals surface area contributed by atoms with E-state index in [9.17, 15) is 31.5 Å². The molecule has 0 radical (unpaired) electrons. The van der Waals surface area contributed by atoms with Gasteiger partial charge in [-0.15, -0.1) is 0 Å². The van der Waals surface area contributed by atoms with Crippen molar-refractivity contribution in [3.05, 3.63) is 75.8 Å². The van der Waals surface area contributed by atoms with Crippen molar-refractivity contribution in [3.8, 4) is 22.3 Å². The average Bonchev–Trinajstić information content (AvgIpc) is 2.82. The fourth-order valence-corrected chi connectivity index (χ4v) is 6.25. The highest BCUT2D eigenvalue weighted by Gasteiger charge is 2.39. The standard InChI is InChI=1S/C30H32F3NO5S/c1-16-8-10-19(11-9-16)23-17(2)24-22-13-12-21(30(31,32)33)14-20(22)15-34(40(7,37)38)26(24)18(3)25(23)27(28(35)36)39-29(4,5)6/h8-14,27H,15H2,1-7H3,(H,35,36)/t27-/m0/s1. The van der Waals surface area contributed by atoms with Gasteiger partial charge in [0, 0.05) is 11.1 Å². The van der Waals surface area contributed by atoms with Crippen molar-refractivity contribution in [2.45, 2.75) is 66.0 Å². The molecule has 0 fully saturated rings. The predicted molar refractivity (Wildman–Crippen MR) is 149 cm³/mol. The number of rotatable bonds is 5. The highest BCUT2D eigenvalue weighted by Crippen LogP contribution is 2.52. The van der Waals surface area contributed by atoms with Crippen LogP contribution < -0.4 is 4.31 Å². The molecule has 6 nitrogen and oxygen atoms in total. The van der Waals surface area contributed by atoms with Gasteiger partial charge in [0.1, 0.15) is 0 Å². The smallest absolute Gasteiger partial charge is 0.416 e. The second-order valence-corrected chi connectivity index (χ2v) is 13.1. The van der Waals surface area contributed by atoms with Crippen molar-refractivity contribution in [2.75, 3.05) is 10.6 Å². The van der Waals surface area contributed by atoms with E-state index in [1.165, 1.54) is 6.07 Å². The van der Waals surface area contributed by atoms with Crippen LogP contribution in [0.2, 0.25) is 0 Å². The highest BCUT2D eigenvalue weighted by atomic mass is 32.2. The first-order valence-electron chi connectivity index (χ1n) is 12.6. The van der Waals surface area contributed by atoms with Crippen molar-refractivity contribution < 1.29 is 36.2 Å². The lowest BCUT2D eigenvalue weighted by atomic mass is 9.80. The molecule has 4 rings (SSSR count). The zero-order valence-corrected chi connectivity index (χ0v) is 24.2. The lowest BCUT2D eigenvalue weighted by molar-refractivity contribution is -0.160. The van der Waals surface area contributed by atoms with Gasteiger partial charge < -0.3 is 9.84 Å². The molecule has 1 aliphatic heterocycles. The summed E-state index contributed by atoms with van der Waals surface area (Å²) in [5.41, 5.74) is 3.01. The number of fused-ring (bicyclic) bond motifs is 3. The number of hydrogen-bond acceptors (Lipinski definition) is 4. The molecule has 40 heavy (non-hydrogen) atoms. The third kappa shape index (κ3) is 5.47. The molecule has 0 aromatic heterocycles. The second-order valence-electron chi connectivity index (χ2n) is 11.2. The number of halogens is 3. The Morgan fingerprint density at radius 2 is 1.57 bits per heavy atom. The third-order valence-electron chi connectivity index (χ3n) is 6.98. The number of ether oxygens (including phenoxy) is 1. The molecule has 0 bridgehead atoms. The molecule has 0 aliphatic carbocycles. The molecule has 214 valence electrons. The van der Waals surface area contributed by atoms with Crippen LogP contribution in [0.1, 0.15) is 60.3 Å². The molecule has 0 saturated heterocycles. The van der Waals surface area contributed by atoms with Gasteiger partial charge in [-0.1, -0.05) is 35.9 Å². The van der Waals surface area contributed by atoms with Crippen LogP contribution in [0.4, 0.5) is 18.9 Å². The molecule has 0 spiro atoms. The summed E-state index contributed by atoms with van der Waals surface area (Å²) < 4.78 is 74.1. The number of carboxylic acids is 1. The molecule has 1 aliphatic rings. The van der Waals surface area contributed by atoms with Gasteiger partial charge in [0.25, 0.3) is 0 Å².